The molecule has 0 fully saturated rings. The van der Waals surface area contributed by atoms with Crippen LogP contribution in [0.15, 0.2) is 0 Å². The van der Waals surface area contributed by atoms with Crippen LogP contribution in [-0.2, 0) is 17.1 Å². The predicted molar refractivity (Wildman–Crippen MR) is 24.2 cm³/mol. The second-order valence-corrected chi connectivity index (χ2v) is 0. The Morgan fingerprint density at radius 1 is 1.00 bits per heavy atom. The van der Waals surface area contributed by atoms with Crippen LogP contribution in [0.25, 0.3) is 0 Å². The van der Waals surface area contributed by atoms with Gasteiger partial charge in [0.2, 0.25) is 0 Å². The van der Waals surface area contributed by atoms with Crippen molar-refractivity contribution in [2.75, 3.05) is 0 Å². The molecule has 0 aliphatic carbocycles. The topological polar surface area (TPSA) is 0 Å². The van der Waals surface area contributed by atoms with E-state index in [2.05, 4.69) is 0 Å². The molecule has 0 unspecified atom stereocenters. The van der Waals surface area contributed by atoms with Gasteiger partial charge in [-0.15, -0.1) is 0 Å². The van der Waals surface area contributed by atoms with Crippen LogP contribution in [0.4, 0.5) is 0 Å². The molecule has 0 amide bonds. The summed E-state index contributed by atoms with van der Waals surface area (Å²) >= 11 is 0. The van der Waals surface area contributed by atoms with Crippen LogP contribution in [0.1, 0.15) is 0 Å². The maximum absolute atomic E-state index is 0. The van der Waals surface area contributed by atoms with Crippen molar-refractivity contribution in [3.05, 3.63) is 0 Å². The summed E-state index contributed by atoms with van der Waals surface area (Å²) in [7, 11) is 0. The monoisotopic (exact) mass is 332 g/mol. The van der Waals surface area contributed by atoms with E-state index in [1.54, 1.807) is 0 Å². The molecule has 0 bridgehead atoms. The quantitative estimate of drug-likeness (QED) is 0.431. The average molecular weight is 332 g/mol. The van der Waals surface area contributed by atoms with Crippen LogP contribution < -0.4 is 0 Å². The molecule has 0 aliphatic rings. The second kappa shape index (κ2) is 15.7. The zero-order valence-electron chi connectivity index (χ0n) is 1.06. The van der Waals surface area contributed by atoms with Crippen LogP contribution in [0.3, 0.4) is 0 Å². The molecule has 0 atom stereocenters. The third kappa shape index (κ3) is 9.40. The molecule has 4 heavy (non-hydrogen) atoms. The van der Waals surface area contributed by atoms with E-state index in [4.69, 9.17) is 0 Å². The van der Waals surface area contributed by atoms with Gasteiger partial charge in [-0.2, -0.15) is 0 Å². The zero-order valence-corrected chi connectivity index (χ0v) is 7.66. The summed E-state index contributed by atoms with van der Waals surface area (Å²) in [5.74, 6) is 0. The first-order valence-electron chi connectivity index (χ1n) is 0. The Labute approximate surface area is 121 Å². The number of hydrogen-bond acceptors (Lipinski definition) is 0. The van der Waals surface area contributed by atoms with Crippen molar-refractivity contribution in [2.45, 2.75) is 0 Å². The first-order valence-corrected chi connectivity index (χ1v) is 0. The second-order valence-electron chi connectivity index (χ2n) is 0. The standard InChI is InChI=1S/Bi.Fe.K.Na.5H. The van der Waals surface area contributed by atoms with Gasteiger partial charge in [-0.25, -0.2) is 0 Å². The summed E-state index contributed by atoms with van der Waals surface area (Å²) in [6, 6.07) is 0. The van der Waals surface area contributed by atoms with Crippen LogP contribution >= 0.6 is 0 Å². The third-order valence-corrected chi connectivity index (χ3v) is 0. The summed E-state index contributed by atoms with van der Waals surface area (Å²) in [6.07, 6.45) is 0. The molecule has 4 heteroatoms. The van der Waals surface area contributed by atoms with Gasteiger partial charge in [-0.1, -0.05) is 0 Å². The van der Waals surface area contributed by atoms with Crippen LogP contribution in [0.5, 0.6) is 0 Å². The maximum atomic E-state index is 0. The van der Waals surface area contributed by atoms with Gasteiger partial charge in [0.15, 0.2) is 0 Å². The first kappa shape index (κ1) is 24.4. The Morgan fingerprint density at radius 3 is 1.00 bits per heavy atom. The van der Waals surface area contributed by atoms with Crippen molar-refractivity contribution < 1.29 is 17.1 Å². The van der Waals surface area contributed by atoms with Crippen LogP contribution in [0, 0.1) is 0 Å². The van der Waals surface area contributed by atoms with Crippen molar-refractivity contribution in [2.24, 2.45) is 0 Å². The fourth-order valence-corrected chi connectivity index (χ4v) is 0. The Kier molecular flexibility index (Phi) is 96.1. The summed E-state index contributed by atoms with van der Waals surface area (Å²) in [4.78, 5) is 0. The molecule has 20 valence electrons. The third-order valence-electron chi connectivity index (χ3n) is 0. The summed E-state index contributed by atoms with van der Waals surface area (Å²) < 4.78 is 0. The van der Waals surface area contributed by atoms with Gasteiger partial charge in [0.1, 0.15) is 0 Å². The Hall–Kier alpha value is 4.04. The fraction of sp³-hybridized carbons (Fsp3) is 0. The molecular formula is H5BiFeKNa. The predicted octanol–water partition coefficient (Wildman–Crippen LogP) is -2.48. The molecule has 0 radical (unpaired) electrons. The minimum atomic E-state index is 0. The first-order chi connectivity index (χ1) is 0. The van der Waals surface area contributed by atoms with Crippen molar-refractivity contribution in [3.8, 4) is 0 Å². The normalized spacial score (nSPS) is 0. The molecule has 0 aliphatic heterocycles. The number of hydrogen-bond donors (Lipinski definition) is 0. The molecule has 0 saturated carbocycles. The zero-order chi connectivity index (χ0) is 0. The Bertz CT molecular complexity index is 8.00. The molecule has 0 aromatic carbocycles. The van der Waals surface area contributed by atoms with E-state index < -0.39 is 0 Å². The van der Waals surface area contributed by atoms with E-state index in [1.165, 1.54) is 0 Å². The van der Waals surface area contributed by atoms with Gasteiger partial charge in [-0.3, -0.25) is 0 Å². The molecule has 0 spiro atoms. The van der Waals surface area contributed by atoms with Gasteiger partial charge in [0, 0.05) is 17.1 Å². The van der Waals surface area contributed by atoms with Crippen LogP contribution in [-0.4, -0.2) is 107 Å². The van der Waals surface area contributed by atoms with Crippen LogP contribution in [0.2, 0.25) is 0 Å². The van der Waals surface area contributed by atoms with Crippen molar-refractivity contribution >= 4 is 107 Å². The fourth-order valence-electron chi connectivity index (χ4n) is 0. The van der Waals surface area contributed by atoms with Crippen molar-refractivity contribution in [3.63, 3.8) is 0 Å². The molecule has 0 rings (SSSR count). The van der Waals surface area contributed by atoms with Gasteiger partial charge < -0.3 is 0 Å². The SMILES string of the molecule is [BiH3].[Fe].[KH].[NaH]. The van der Waals surface area contributed by atoms with Gasteiger partial charge in [0.05, 0.1) is 0 Å². The summed E-state index contributed by atoms with van der Waals surface area (Å²) in [6.45, 7) is 0. The van der Waals surface area contributed by atoms with Gasteiger partial charge in [0.25, 0.3) is 0 Å². The molecule has 0 aromatic rings. The van der Waals surface area contributed by atoms with E-state index in [0.717, 1.165) is 0 Å². The molecule has 0 heterocycles. The summed E-state index contributed by atoms with van der Waals surface area (Å²) in [5.41, 5.74) is 0. The van der Waals surface area contributed by atoms with Crippen molar-refractivity contribution in [1.82, 2.24) is 0 Å². The van der Waals surface area contributed by atoms with Gasteiger partial charge >= 0.3 is 107 Å². The average Bonchev–Trinajstić information content (AvgIpc) is 0. The van der Waals surface area contributed by atoms with Crippen molar-refractivity contribution in [1.29, 1.82) is 0 Å². The molecular weight excluding hydrogens is 327 g/mol. The molecule has 0 aromatic heterocycles. The van der Waals surface area contributed by atoms with E-state index >= 15 is 0 Å². The van der Waals surface area contributed by atoms with E-state index in [9.17, 15) is 0 Å². The number of rotatable bonds is 0. The van der Waals surface area contributed by atoms with Gasteiger partial charge in [-0.05, 0) is 0 Å². The van der Waals surface area contributed by atoms with E-state index in [-0.39, 0.29) is 124 Å². The molecule has 0 saturated heterocycles. The molecule has 0 N–H and O–H groups in total. The van der Waals surface area contributed by atoms with E-state index in [0.29, 0.717) is 0 Å². The summed E-state index contributed by atoms with van der Waals surface area (Å²) in [5, 5.41) is 0. The van der Waals surface area contributed by atoms with E-state index in [1.807, 2.05) is 0 Å². The molecule has 0 nitrogen and oxygen atoms in total. The Morgan fingerprint density at radius 2 is 1.00 bits per heavy atom. The Balaban J connectivity index is 0. The minimum absolute atomic E-state index is 0.